The van der Waals surface area contributed by atoms with Gasteiger partial charge in [-0.15, -0.1) is 10.2 Å². The fraction of sp³-hybridized carbons (Fsp3) is 0.300. The first-order valence-electron chi connectivity index (χ1n) is 4.99. The number of benzene rings is 1. The van der Waals surface area contributed by atoms with Gasteiger partial charge in [0.05, 0.1) is 7.05 Å². The fourth-order valence-electron chi connectivity index (χ4n) is 1.51. The Balaban J connectivity index is 2.17. The molecule has 7 heteroatoms. The van der Waals surface area contributed by atoms with Gasteiger partial charge in [0.25, 0.3) is 0 Å². The lowest BCUT2D eigenvalue weighted by atomic mass is 10.0. The van der Waals surface area contributed by atoms with E-state index < -0.39 is 17.7 Å². The van der Waals surface area contributed by atoms with E-state index in [0.29, 0.717) is 5.82 Å². The number of rotatable bonds is 3. The molecule has 1 unspecified atom stereocenters. The third-order valence-electron chi connectivity index (χ3n) is 2.31. The van der Waals surface area contributed by atoms with Crippen LogP contribution in [0.25, 0.3) is 0 Å². The minimum Gasteiger partial charge on any atom is -0.323 e. The van der Waals surface area contributed by atoms with Gasteiger partial charge in [0, 0.05) is 24.1 Å². The zero-order chi connectivity index (χ0) is 12.4. The van der Waals surface area contributed by atoms with Gasteiger partial charge in [-0.05, 0) is 11.3 Å². The molecule has 2 N–H and O–H groups in total. The average Bonchev–Trinajstić information content (AvgIpc) is 2.63. The first-order valence-corrected chi connectivity index (χ1v) is 4.99. The highest BCUT2D eigenvalue weighted by Gasteiger charge is 2.15. The second kappa shape index (κ2) is 4.54. The van der Waals surface area contributed by atoms with Crippen LogP contribution in [0.5, 0.6) is 0 Å². The molecule has 1 atom stereocenters. The predicted octanol–water partition coefficient (Wildman–Crippen LogP) is 0.731. The molecule has 0 aliphatic heterocycles. The van der Waals surface area contributed by atoms with Crippen LogP contribution in [0.4, 0.5) is 8.78 Å². The van der Waals surface area contributed by atoms with E-state index in [1.54, 1.807) is 7.05 Å². The summed E-state index contributed by atoms with van der Waals surface area (Å²) in [5, 5.41) is 11.3. The number of nitrogens with zero attached hydrogens (tertiary/aromatic N) is 4. The van der Waals surface area contributed by atoms with Crippen molar-refractivity contribution in [3.05, 3.63) is 41.2 Å². The highest BCUT2D eigenvalue weighted by atomic mass is 19.1. The molecule has 2 rings (SSSR count). The van der Waals surface area contributed by atoms with Crippen LogP contribution < -0.4 is 5.73 Å². The molecule has 1 aromatic carbocycles. The smallest absolute Gasteiger partial charge is 0.176 e. The molecule has 0 bridgehead atoms. The Bertz CT molecular complexity index is 525. The van der Waals surface area contributed by atoms with E-state index in [1.807, 2.05) is 0 Å². The van der Waals surface area contributed by atoms with Crippen molar-refractivity contribution >= 4 is 0 Å². The quantitative estimate of drug-likeness (QED) is 0.857. The molecule has 17 heavy (non-hydrogen) atoms. The Morgan fingerprint density at radius 1 is 1.41 bits per heavy atom. The van der Waals surface area contributed by atoms with E-state index in [9.17, 15) is 8.78 Å². The summed E-state index contributed by atoms with van der Waals surface area (Å²) in [5.74, 6) is -0.874. The molecule has 2 aromatic rings. The van der Waals surface area contributed by atoms with Crippen molar-refractivity contribution in [1.29, 1.82) is 0 Å². The molecule has 0 aliphatic carbocycles. The lowest BCUT2D eigenvalue weighted by Crippen LogP contribution is -2.16. The number of nitrogens with two attached hydrogens (primary N) is 1. The normalized spacial score (nSPS) is 12.7. The van der Waals surface area contributed by atoms with Crippen molar-refractivity contribution in [3.63, 3.8) is 0 Å². The molecule has 90 valence electrons. The summed E-state index contributed by atoms with van der Waals surface area (Å²) in [6.45, 7) is 0. The maximum Gasteiger partial charge on any atom is 0.176 e. The third-order valence-corrected chi connectivity index (χ3v) is 2.31. The second-order valence-electron chi connectivity index (χ2n) is 3.67. The summed E-state index contributed by atoms with van der Waals surface area (Å²) in [6.07, 6.45) is 0.246. The van der Waals surface area contributed by atoms with Crippen LogP contribution in [-0.2, 0) is 13.5 Å². The first-order chi connectivity index (χ1) is 8.06. The van der Waals surface area contributed by atoms with E-state index in [-0.39, 0.29) is 12.0 Å². The van der Waals surface area contributed by atoms with Crippen molar-refractivity contribution in [1.82, 2.24) is 20.2 Å². The van der Waals surface area contributed by atoms with Gasteiger partial charge in [0.15, 0.2) is 5.82 Å². The van der Waals surface area contributed by atoms with E-state index in [4.69, 9.17) is 5.73 Å². The first kappa shape index (κ1) is 11.6. The monoisotopic (exact) mass is 239 g/mol. The SMILES string of the molecule is Cn1nnc(CC(N)c2ccc(F)cc2F)n1. The molecule has 1 aromatic heterocycles. The van der Waals surface area contributed by atoms with Gasteiger partial charge >= 0.3 is 0 Å². The number of aromatic nitrogens is 4. The Morgan fingerprint density at radius 2 is 2.18 bits per heavy atom. The van der Waals surface area contributed by atoms with E-state index >= 15 is 0 Å². The molecular formula is C10H11F2N5. The van der Waals surface area contributed by atoms with Gasteiger partial charge in [-0.1, -0.05) is 6.07 Å². The van der Waals surface area contributed by atoms with E-state index in [0.717, 1.165) is 6.07 Å². The summed E-state index contributed by atoms with van der Waals surface area (Å²) >= 11 is 0. The van der Waals surface area contributed by atoms with Crippen LogP contribution in [0, 0.1) is 11.6 Å². The highest BCUT2D eigenvalue weighted by molar-refractivity contribution is 5.22. The van der Waals surface area contributed by atoms with Crippen LogP contribution in [0.1, 0.15) is 17.4 Å². The Labute approximate surface area is 96.2 Å². The fourth-order valence-corrected chi connectivity index (χ4v) is 1.51. The molecule has 0 spiro atoms. The van der Waals surface area contributed by atoms with Gasteiger partial charge in [0.1, 0.15) is 11.6 Å². The molecule has 0 radical (unpaired) electrons. The predicted molar refractivity (Wildman–Crippen MR) is 55.8 cm³/mol. The zero-order valence-electron chi connectivity index (χ0n) is 9.14. The Hall–Kier alpha value is -1.89. The van der Waals surface area contributed by atoms with Gasteiger partial charge in [-0.25, -0.2) is 8.78 Å². The van der Waals surface area contributed by atoms with Gasteiger partial charge in [0.2, 0.25) is 0 Å². The van der Waals surface area contributed by atoms with Gasteiger partial charge in [-0.2, -0.15) is 4.80 Å². The maximum absolute atomic E-state index is 13.4. The summed E-state index contributed by atoms with van der Waals surface area (Å²) in [5.41, 5.74) is 6.04. The maximum atomic E-state index is 13.4. The zero-order valence-corrected chi connectivity index (χ0v) is 9.14. The topological polar surface area (TPSA) is 69.6 Å². The molecule has 1 heterocycles. The van der Waals surface area contributed by atoms with E-state index in [1.165, 1.54) is 16.9 Å². The summed E-state index contributed by atoms with van der Waals surface area (Å²) in [6, 6.07) is 2.67. The largest absolute Gasteiger partial charge is 0.323 e. The number of hydrogen-bond donors (Lipinski definition) is 1. The minimum absolute atomic E-state index is 0.235. The summed E-state index contributed by atoms with van der Waals surface area (Å²) in [7, 11) is 1.63. The third kappa shape index (κ3) is 2.62. The van der Waals surface area contributed by atoms with E-state index in [2.05, 4.69) is 15.4 Å². The molecule has 0 aliphatic rings. The number of hydrogen-bond acceptors (Lipinski definition) is 4. The lowest BCUT2D eigenvalue weighted by molar-refractivity contribution is 0.550. The van der Waals surface area contributed by atoms with Gasteiger partial charge in [-0.3, -0.25) is 0 Å². The van der Waals surface area contributed by atoms with Crippen molar-refractivity contribution in [2.45, 2.75) is 12.5 Å². The average molecular weight is 239 g/mol. The van der Waals surface area contributed by atoms with Crippen molar-refractivity contribution in [3.8, 4) is 0 Å². The van der Waals surface area contributed by atoms with Crippen LogP contribution in [-0.4, -0.2) is 20.2 Å². The molecular weight excluding hydrogens is 228 g/mol. The lowest BCUT2D eigenvalue weighted by Gasteiger charge is -2.10. The van der Waals surface area contributed by atoms with Crippen LogP contribution in [0.2, 0.25) is 0 Å². The molecule has 0 fully saturated rings. The minimum atomic E-state index is -0.665. The summed E-state index contributed by atoms with van der Waals surface area (Å²) < 4.78 is 26.1. The van der Waals surface area contributed by atoms with Crippen molar-refractivity contribution < 1.29 is 8.78 Å². The highest BCUT2D eigenvalue weighted by Crippen LogP contribution is 2.18. The molecule has 0 saturated heterocycles. The molecule has 0 amide bonds. The Kier molecular flexibility index (Phi) is 3.10. The molecule has 5 nitrogen and oxygen atoms in total. The van der Waals surface area contributed by atoms with Crippen LogP contribution in [0.3, 0.4) is 0 Å². The number of halogens is 2. The van der Waals surface area contributed by atoms with Gasteiger partial charge < -0.3 is 5.73 Å². The standard InChI is InChI=1S/C10H11F2N5/c1-17-15-10(14-16-17)5-9(13)7-3-2-6(11)4-8(7)12/h2-4,9H,5,13H2,1H3. The molecule has 0 saturated carbocycles. The number of tetrazole rings is 1. The van der Waals surface area contributed by atoms with Crippen LogP contribution in [0.15, 0.2) is 18.2 Å². The van der Waals surface area contributed by atoms with Crippen molar-refractivity contribution in [2.24, 2.45) is 12.8 Å². The summed E-state index contributed by atoms with van der Waals surface area (Å²) in [4.78, 5) is 1.29. The number of aryl methyl sites for hydroxylation is 1. The van der Waals surface area contributed by atoms with Crippen molar-refractivity contribution in [2.75, 3.05) is 0 Å². The Morgan fingerprint density at radius 3 is 2.76 bits per heavy atom. The second-order valence-corrected chi connectivity index (χ2v) is 3.67. The van der Waals surface area contributed by atoms with Crippen LogP contribution >= 0.6 is 0 Å².